The second kappa shape index (κ2) is 6.44. The highest BCUT2D eigenvalue weighted by Gasteiger charge is 2.27. The van der Waals surface area contributed by atoms with Gasteiger partial charge in [-0.25, -0.2) is 4.79 Å². The minimum absolute atomic E-state index is 0.0239. The van der Waals surface area contributed by atoms with Gasteiger partial charge in [0.1, 0.15) is 0 Å². The van der Waals surface area contributed by atoms with E-state index in [0.717, 1.165) is 13.0 Å². The van der Waals surface area contributed by atoms with Crippen LogP contribution < -0.4 is 5.32 Å². The van der Waals surface area contributed by atoms with Gasteiger partial charge in [0.25, 0.3) is 0 Å². The van der Waals surface area contributed by atoms with E-state index in [9.17, 15) is 9.59 Å². The van der Waals surface area contributed by atoms with E-state index in [0.29, 0.717) is 12.5 Å². The number of alkyl carbamates (subject to hydrolysis) is 1. The van der Waals surface area contributed by atoms with Crippen molar-refractivity contribution in [3.8, 4) is 0 Å². The molecule has 17 heavy (non-hydrogen) atoms. The molecule has 98 valence electrons. The minimum Gasteiger partial charge on any atom is -0.468 e. The van der Waals surface area contributed by atoms with Gasteiger partial charge in [0, 0.05) is 19.1 Å². The molecule has 0 bridgehead atoms. The van der Waals surface area contributed by atoms with Crippen molar-refractivity contribution < 1.29 is 19.1 Å². The molecule has 0 aliphatic carbocycles. The maximum atomic E-state index is 11.2. The van der Waals surface area contributed by atoms with Crippen LogP contribution in [0, 0.1) is 5.92 Å². The lowest BCUT2D eigenvalue weighted by Gasteiger charge is -2.35. The van der Waals surface area contributed by atoms with Crippen molar-refractivity contribution in [2.45, 2.75) is 19.4 Å². The summed E-state index contributed by atoms with van der Waals surface area (Å²) in [5.41, 5.74) is 0. The van der Waals surface area contributed by atoms with Crippen LogP contribution in [0.3, 0.4) is 0 Å². The molecule has 0 aromatic rings. The Balaban J connectivity index is 2.47. The van der Waals surface area contributed by atoms with E-state index in [2.05, 4.69) is 21.7 Å². The average Bonchev–Trinajstić information content (AvgIpc) is 2.27. The van der Waals surface area contributed by atoms with Gasteiger partial charge >= 0.3 is 12.1 Å². The summed E-state index contributed by atoms with van der Waals surface area (Å²) in [6.07, 6.45) is 0.467. The molecule has 1 saturated heterocycles. The van der Waals surface area contributed by atoms with Crippen LogP contribution in [-0.4, -0.2) is 56.9 Å². The second-order valence-corrected chi connectivity index (χ2v) is 4.44. The number of carbonyl (C=O) groups is 2. The molecule has 2 unspecified atom stereocenters. The molecule has 1 rings (SSSR count). The summed E-state index contributed by atoms with van der Waals surface area (Å²) in [6, 6.07) is 0.0239. The molecule has 6 heteroatoms. The average molecular weight is 244 g/mol. The zero-order valence-electron chi connectivity index (χ0n) is 10.6. The van der Waals surface area contributed by atoms with Crippen molar-refractivity contribution in [2.24, 2.45) is 5.92 Å². The van der Waals surface area contributed by atoms with Crippen LogP contribution in [0.4, 0.5) is 4.79 Å². The molecular weight excluding hydrogens is 224 g/mol. The molecule has 0 aromatic heterocycles. The van der Waals surface area contributed by atoms with Gasteiger partial charge in [0.2, 0.25) is 0 Å². The fraction of sp³-hybridized carbons (Fsp3) is 0.818. The third-order valence-corrected chi connectivity index (χ3v) is 2.82. The van der Waals surface area contributed by atoms with Gasteiger partial charge in [-0.1, -0.05) is 6.92 Å². The molecule has 1 aliphatic heterocycles. The normalized spacial score (nSPS) is 25.1. The summed E-state index contributed by atoms with van der Waals surface area (Å²) < 4.78 is 9.20. The number of amides is 1. The van der Waals surface area contributed by atoms with Gasteiger partial charge in [-0.15, -0.1) is 0 Å². The van der Waals surface area contributed by atoms with Crippen LogP contribution in [0.25, 0.3) is 0 Å². The van der Waals surface area contributed by atoms with Crippen LogP contribution in [0.5, 0.6) is 0 Å². The van der Waals surface area contributed by atoms with E-state index >= 15 is 0 Å². The minimum atomic E-state index is -0.429. The van der Waals surface area contributed by atoms with E-state index in [-0.39, 0.29) is 18.6 Å². The highest BCUT2D eigenvalue weighted by molar-refractivity contribution is 5.71. The summed E-state index contributed by atoms with van der Waals surface area (Å²) >= 11 is 0. The second-order valence-electron chi connectivity index (χ2n) is 4.44. The number of carbonyl (C=O) groups excluding carboxylic acids is 2. The monoisotopic (exact) mass is 244 g/mol. The highest BCUT2D eigenvalue weighted by atomic mass is 16.5. The largest absolute Gasteiger partial charge is 0.468 e. The Hall–Kier alpha value is -1.30. The Morgan fingerprint density at radius 2 is 2.00 bits per heavy atom. The molecular formula is C11H20N2O4. The fourth-order valence-corrected chi connectivity index (χ4v) is 2.17. The van der Waals surface area contributed by atoms with E-state index in [4.69, 9.17) is 0 Å². The molecule has 0 saturated carbocycles. The van der Waals surface area contributed by atoms with Crippen LogP contribution in [-0.2, 0) is 14.3 Å². The van der Waals surface area contributed by atoms with Crippen molar-refractivity contribution in [1.82, 2.24) is 10.2 Å². The topological polar surface area (TPSA) is 67.9 Å². The summed E-state index contributed by atoms with van der Waals surface area (Å²) in [5.74, 6) is 0.173. The number of hydrogen-bond acceptors (Lipinski definition) is 5. The summed E-state index contributed by atoms with van der Waals surface area (Å²) in [5, 5.41) is 2.77. The first-order valence-corrected chi connectivity index (χ1v) is 5.68. The zero-order chi connectivity index (χ0) is 12.8. The van der Waals surface area contributed by atoms with Gasteiger partial charge in [-0.05, 0) is 12.3 Å². The molecule has 2 atom stereocenters. The number of nitrogens with zero attached hydrogens (tertiary/aromatic N) is 1. The molecule has 1 heterocycles. The molecule has 6 nitrogen and oxygen atoms in total. The number of esters is 1. The Morgan fingerprint density at radius 3 is 2.59 bits per heavy atom. The van der Waals surface area contributed by atoms with Gasteiger partial charge < -0.3 is 14.8 Å². The third-order valence-electron chi connectivity index (χ3n) is 2.82. The number of hydrogen-bond donors (Lipinski definition) is 1. The van der Waals surface area contributed by atoms with Crippen molar-refractivity contribution in [3.63, 3.8) is 0 Å². The zero-order valence-corrected chi connectivity index (χ0v) is 10.6. The van der Waals surface area contributed by atoms with Crippen molar-refractivity contribution in [2.75, 3.05) is 33.9 Å². The van der Waals surface area contributed by atoms with E-state index in [1.54, 1.807) is 0 Å². The predicted octanol–water partition coefficient (Wildman–Crippen LogP) is 0.226. The van der Waals surface area contributed by atoms with E-state index < -0.39 is 6.09 Å². The molecule has 0 spiro atoms. The number of rotatable bonds is 3. The molecule has 0 aromatic carbocycles. The van der Waals surface area contributed by atoms with Crippen molar-refractivity contribution in [1.29, 1.82) is 0 Å². The maximum Gasteiger partial charge on any atom is 0.407 e. The van der Waals surface area contributed by atoms with E-state index in [1.165, 1.54) is 14.2 Å². The lowest BCUT2D eigenvalue weighted by Crippen LogP contribution is -2.51. The Kier molecular flexibility index (Phi) is 5.21. The van der Waals surface area contributed by atoms with E-state index in [1.807, 2.05) is 4.90 Å². The lowest BCUT2D eigenvalue weighted by atomic mass is 9.96. The maximum absolute atomic E-state index is 11.2. The quantitative estimate of drug-likeness (QED) is 0.720. The van der Waals surface area contributed by atoms with Gasteiger partial charge in [-0.3, -0.25) is 9.69 Å². The fourth-order valence-electron chi connectivity index (χ4n) is 2.17. The number of ether oxygens (including phenoxy) is 2. The molecule has 1 fully saturated rings. The van der Waals surface area contributed by atoms with Gasteiger partial charge in [-0.2, -0.15) is 0 Å². The van der Waals surface area contributed by atoms with Crippen LogP contribution >= 0.6 is 0 Å². The Morgan fingerprint density at radius 1 is 1.29 bits per heavy atom. The summed E-state index contributed by atoms with van der Waals surface area (Å²) in [7, 11) is 2.72. The predicted molar refractivity (Wildman–Crippen MR) is 61.6 cm³/mol. The number of nitrogens with one attached hydrogen (secondary N) is 1. The third kappa shape index (κ3) is 4.60. The SMILES string of the molecule is COC(=O)CN1CC(C)CC(NC(=O)OC)C1. The molecule has 1 amide bonds. The van der Waals surface area contributed by atoms with Crippen molar-refractivity contribution >= 4 is 12.1 Å². The standard InChI is InChI=1S/C11H20N2O4/c1-8-4-9(12-11(15)17-3)6-13(5-8)7-10(14)16-2/h8-9H,4-7H2,1-3H3,(H,12,15). The number of likely N-dealkylation sites (tertiary alicyclic amines) is 1. The summed E-state index contributed by atoms with van der Waals surface area (Å²) in [4.78, 5) is 24.3. The summed E-state index contributed by atoms with van der Waals surface area (Å²) in [6.45, 7) is 3.85. The van der Waals surface area contributed by atoms with Crippen LogP contribution in [0.1, 0.15) is 13.3 Å². The number of methoxy groups -OCH3 is 2. The Bertz CT molecular complexity index is 257. The smallest absolute Gasteiger partial charge is 0.407 e. The molecule has 1 aliphatic rings. The first-order valence-electron chi connectivity index (χ1n) is 5.68. The molecule has 1 N–H and O–H groups in total. The van der Waals surface area contributed by atoms with Gasteiger partial charge in [0.05, 0.1) is 20.8 Å². The highest BCUT2D eigenvalue weighted by Crippen LogP contribution is 2.16. The first kappa shape index (κ1) is 13.8. The number of piperidine rings is 1. The Labute approximate surface area is 101 Å². The van der Waals surface area contributed by atoms with Crippen molar-refractivity contribution in [3.05, 3.63) is 0 Å². The first-order chi connectivity index (χ1) is 8.05. The van der Waals surface area contributed by atoms with Gasteiger partial charge in [0.15, 0.2) is 0 Å². The van der Waals surface area contributed by atoms with Crippen LogP contribution in [0.2, 0.25) is 0 Å². The molecule has 0 radical (unpaired) electrons. The van der Waals surface area contributed by atoms with Crippen LogP contribution in [0.15, 0.2) is 0 Å². The lowest BCUT2D eigenvalue weighted by molar-refractivity contribution is -0.142.